The lowest BCUT2D eigenvalue weighted by Gasteiger charge is -2.15. The summed E-state index contributed by atoms with van der Waals surface area (Å²) in [7, 11) is 0. The van der Waals surface area contributed by atoms with Crippen LogP contribution in [0.4, 0.5) is 5.69 Å². The maximum absolute atomic E-state index is 12.0. The quantitative estimate of drug-likeness (QED) is 0.432. The zero-order valence-corrected chi connectivity index (χ0v) is 14.5. The van der Waals surface area contributed by atoms with E-state index in [1.54, 1.807) is 0 Å². The maximum atomic E-state index is 12.0. The number of nitriles is 1. The fourth-order valence-corrected chi connectivity index (χ4v) is 2.65. The van der Waals surface area contributed by atoms with Crippen LogP contribution in [-0.2, 0) is 16.0 Å². The first-order chi connectivity index (χ1) is 12.1. The van der Waals surface area contributed by atoms with Crippen molar-refractivity contribution >= 4 is 17.5 Å². The van der Waals surface area contributed by atoms with Crippen LogP contribution in [0.2, 0.25) is 0 Å². The van der Waals surface area contributed by atoms with Crippen LogP contribution in [-0.4, -0.2) is 36.3 Å². The van der Waals surface area contributed by atoms with Crippen LogP contribution in [0.5, 0.6) is 0 Å². The number of nitrogens with one attached hydrogen (secondary N) is 2. The molecule has 1 aromatic rings. The first kappa shape index (κ1) is 18.5. The summed E-state index contributed by atoms with van der Waals surface area (Å²) in [5, 5.41) is 14.8. The van der Waals surface area contributed by atoms with Gasteiger partial charge in [-0.15, -0.1) is 0 Å². The van der Waals surface area contributed by atoms with E-state index in [1.165, 1.54) is 11.8 Å². The summed E-state index contributed by atoms with van der Waals surface area (Å²) in [4.78, 5) is 25.3. The summed E-state index contributed by atoms with van der Waals surface area (Å²) in [6, 6.07) is 9.73. The fraction of sp³-hybridized carbons (Fsp3) is 0.421. The van der Waals surface area contributed by atoms with Crippen LogP contribution in [0, 0.1) is 11.3 Å². The Morgan fingerprint density at radius 2 is 2.12 bits per heavy atom. The second kappa shape index (κ2) is 9.48. The molecule has 2 rings (SSSR count). The Hall–Kier alpha value is -2.81. The molecule has 0 aromatic heterocycles. The van der Waals surface area contributed by atoms with Gasteiger partial charge in [0.1, 0.15) is 11.6 Å². The first-order valence-corrected chi connectivity index (χ1v) is 8.65. The van der Waals surface area contributed by atoms with Crippen molar-refractivity contribution in [1.29, 1.82) is 5.26 Å². The summed E-state index contributed by atoms with van der Waals surface area (Å²) in [6.07, 6.45) is 4.60. The van der Waals surface area contributed by atoms with Crippen LogP contribution in [0.3, 0.4) is 0 Å². The number of rotatable bonds is 8. The van der Waals surface area contributed by atoms with Gasteiger partial charge in [-0.25, -0.2) is 0 Å². The molecule has 1 saturated heterocycles. The van der Waals surface area contributed by atoms with Crippen LogP contribution < -0.4 is 10.6 Å². The molecule has 0 atom stereocenters. The zero-order chi connectivity index (χ0) is 18.1. The van der Waals surface area contributed by atoms with Gasteiger partial charge in [-0.05, 0) is 37.0 Å². The molecular formula is C19H24N4O2. The number of benzene rings is 1. The van der Waals surface area contributed by atoms with Crippen molar-refractivity contribution in [3.8, 4) is 6.07 Å². The molecule has 0 aliphatic carbocycles. The van der Waals surface area contributed by atoms with Gasteiger partial charge in [-0.2, -0.15) is 5.26 Å². The Bertz CT molecular complexity index is 674. The highest BCUT2D eigenvalue weighted by Crippen LogP contribution is 2.11. The van der Waals surface area contributed by atoms with E-state index in [1.807, 2.05) is 35.2 Å². The number of hydrogen-bond acceptors (Lipinski definition) is 4. The number of aryl methyl sites for hydroxylation is 1. The molecule has 1 aliphatic rings. The standard InChI is InChI=1S/C19H24N4O2/c1-2-15-6-8-17(9-7-15)22-14-16(13-20)19(25)21-10-4-12-23-11-3-5-18(23)24/h6-9,14,22H,2-5,10-12H2,1H3,(H,21,25)/b16-14-. The van der Waals surface area contributed by atoms with Gasteiger partial charge in [0.2, 0.25) is 5.91 Å². The van der Waals surface area contributed by atoms with Gasteiger partial charge in [0.05, 0.1) is 0 Å². The monoisotopic (exact) mass is 340 g/mol. The molecule has 0 radical (unpaired) electrons. The average Bonchev–Trinajstić information content (AvgIpc) is 3.04. The predicted octanol–water partition coefficient (Wildman–Crippen LogP) is 2.20. The highest BCUT2D eigenvalue weighted by Gasteiger charge is 2.19. The molecule has 0 unspecified atom stereocenters. The molecular weight excluding hydrogens is 316 g/mol. The van der Waals surface area contributed by atoms with Gasteiger partial charge >= 0.3 is 0 Å². The van der Waals surface area contributed by atoms with Crippen LogP contribution >= 0.6 is 0 Å². The molecule has 25 heavy (non-hydrogen) atoms. The Morgan fingerprint density at radius 3 is 2.72 bits per heavy atom. The molecule has 6 heteroatoms. The molecule has 0 spiro atoms. The SMILES string of the molecule is CCc1ccc(N/C=C(/C#N)C(=O)NCCCN2CCCC2=O)cc1. The van der Waals surface area contributed by atoms with E-state index in [9.17, 15) is 9.59 Å². The Morgan fingerprint density at radius 1 is 1.36 bits per heavy atom. The minimum Gasteiger partial charge on any atom is -0.360 e. The Balaban J connectivity index is 1.77. The van der Waals surface area contributed by atoms with Gasteiger partial charge in [0.15, 0.2) is 0 Å². The minimum atomic E-state index is -0.409. The van der Waals surface area contributed by atoms with Crippen molar-refractivity contribution in [2.75, 3.05) is 25.0 Å². The Labute approximate surface area is 148 Å². The van der Waals surface area contributed by atoms with E-state index in [-0.39, 0.29) is 11.5 Å². The van der Waals surface area contributed by atoms with Gasteiger partial charge < -0.3 is 15.5 Å². The summed E-state index contributed by atoms with van der Waals surface area (Å²) >= 11 is 0. The molecule has 0 saturated carbocycles. The number of likely N-dealkylation sites (tertiary alicyclic amines) is 1. The third kappa shape index (κ3) is 5.64. The van der Waals surface area contributed by atoms with E-state index in [4.69, 9.17) is 5.26 Å². The molecule has 2 amide bonds. The highest BCUT2D eigenvalue weighted by atomic mass is 16.2. The van der Waals surface area contributed by atoms with Crippen LogP contribution in [0.25, 0.3) is 0 Å². The van der Waals surface area contributed by atoms with Crippen molar-refractivity contribution in [1.82, 2.24) is 10.2 Å². The number of amides is 2. The summed E-state index contributed by atoms with van der Waals surface area (Å²) in [6.45, 7) is 3.97. The zero-order valence-electron chi connectivity index (χ0n) is 14.5. The van der Waals surface area contributed by atoms with Crippen molar-refractivity contribution < 1.29 is 9.59 Å². The van der Waals surface area contributed by atoms with Gasteiger partial charge in [-0.3, -0.25) is 9.59 Å². The van der Waals surface area contributed by atoms with Gasteiger partial charge in [0.25, 0.3) is 5.91 Å². The van der Waals surface area contributed by atoms with E-state index < -0.39 is 5.91 Å². The number of hydrogen-bond donors (Lipinski definition) is 2. The maximum Gasteiger partial charge on any atom is 0.263 e. The minimum absolute atomic E-state index is 0.0248. The third-order valence-electron chi connectivity index (χ3n) is 4.17. The lowest BCUT2D eigenvalue weighted by Crippen LogP contribution is -2.31. The Kier molecular flexibility index (Phi) is 7.02. The van der Waals surface area contributed by atoms with Gasteiger partial charge in [0, 0.05) is 37.9 Å². The molecule has 6 nitrogen and oxygen atoms in total. The first-order valence-electron chi connectivity index (χ1n) is 8.65. The van der Waals surface area contributed by atoms with E-state index in [0.717, 1.165) is 25.1 Å². The van der Waals surface area contributed by atoms with Gasteiger partial charge in [-0.1, -0.05) is 19.1 Å². The number of anilines is 1. The van der Waals surface area contributed by atoms with E-state index in [2.05, 4.69) is 17.6 Å². The van der Waals surface area contributed by atoms with E-state index >= 15 is 0 Å². The van der Waals surface area contributed by atoms with Crippen molar-refractivity contribution in [3.05, 3.63) is 41.6 Å². The number of nitrogens with zero attached hydrogens (tertiary/aromatic N) is 2. The van der Waals surface area contributed by atoms with E-state index in [0.29, 0.717) is 25.9 Å². The largest absolute Gasteiger partial charge is 0.360 e. The topological polar surface area (TPSA) is 85.2 Å². The number of carbonyl (C=O) groups is 2. The smallest absolute Gasteiger partial charge is 0.263 e. The average molecular weight is 340 g/mol. The van der Waals surface area contributed by atoms with Crippen molar-refractivity contribution in [2.24, 2.45) is 0 Å². The fourth-order valence-electron chi connectivity index (χ4n) is 2.65. The molecule has 1 fully saturated rings. The normalized spacial score (nSPS) is 14.3. The summed E-state index contributed by atoms with van der Waals surface area (Å²) < 4.78 is 0. The second-order valence-electron chi connectivity index (χ2n) is 5.96. The molecule has 1 aliphatic heterocycles. The summed E-state index contributed by atoms with van der Waals surface area (Å²) in [5.74, 6) is -0.227. The summed E-state index contributed by atoms with van der Waals surface area (Å²) in [5.41, 5.74) is 2.08. The second-order valence-corrected chi connectivity index (χ2v) is 5.96. The van der Waals surface area contributed by atoms with Crippen molar-refractivity contribution in [3.63, 3.8) is 0 Å². The molecule has 1 aromatic carbocycles. The highest BCUT2D eigenvalue weighted by molar-refractivity contribution is 5.97. The molecule has 2 N–H and O–H groups in total. The molecule has 132 valence electrons. The van der Waals surface area contributed by atoms with Crippen molar-refractivity contribution in [2.45, 2.75) is 32.6 Å². The lowest BCUT2D eigenvalue weighted by atomic mass is 10.1. The van der Waals surface area contributed by atoms with Crippen LogP contribution in [0.1, 0.15) is 31.7 Å². The third-order valence-corrected chi connectivity index (χ3v) is 4.17. The molecule has 0 bridgehead atoms. The van der Waals surface area contributed by atoms with Crippen LogP contribution in [0.15, 0.2) is 36.0 Å². The number of carbonyl (C=O) groups excluding carboxylic acids is 2. The molecule has 1 heterocycles. The lowest BCUT2D eigenvalue weighted by molar-refractivity contribution is -0.127. The predicted molar refractivity (Wildman–Crippen MR) is 96.6 cm³/mol.